The summed E-state index contributed by atoms with van der Waals surface area (Å²) in [6.07, 6.45) is 0.715. The van der Waals surface area contributed by atoms with Crippen LogP contribution in [0.4, 0.5) is 0 Å². The predicted octanol–water partition coefficient (Wildman–Crippen LogP) is 2.98. The first-order valence-electron chi connectivity index (χ1n) is 6.67. The summed E-state index contributed by atoms with van der Waals surface area (Å²) in [6.45, 7) is 7.12. The minimum Gasteiger partial charge on any atom is -0.507 e. The zero-order valence-electron chi connectivity index (χ0n) is 11.6. The SMILES string of the molecule is CCN(CC)CCc1noc(-c2cc(Cl)ccc2O)n1. The standard InChI is InChI=1S/C14H18ClN3O2/c1-3-18(4-2)8-7-13-16-14(20-17-13)11-9-10(15)5-6-12(11)19/h5-6,9,19H,3-4,7-8H2,1-2H3. The van der Waals surface area contributed by atoms with E-state index in [2.05, 4.69) is 28.9 Å². The van der Waals surface area contributed by atoms with Gasteiger partial charge in [-0.05, 0) is 31.3 Å². The predicted molar refractivity (Wildman–Crippen MR) is 77.9 cm³/mol. The van der Waals surface area contributed by atoms with E-state index in [0.717, 1.165) is 19.6 Å². The van der Waals surface area contributed by atoms with Gasteiger partial charge in [-0.2, -0.15) is 4.98 Å². The molecule has 0 bridgehead atoms. The van der Waals surface area contributed by atoms with Crippen LogP contribution in [0.3, 0.4) is 0 Å². The van der Waals surface area contributed by atoms with Crippen molar-refractivity contribution in [2.45, 2.75) is 20.3 Å². The van der Waals surface area contributed by atoms with Crippen molar-refractivity contribution in [1.82, 2.24) is 15.0 Å². The van der Waals surface area contributed by atoms with Crippen LogP contribution in [-0.4, -0.2) is 39.8 Å². The number of rotatable bonds is 6. The van der Waals surface area contributed by atoms with Gasteiger partial charge < -0.3 is 14.5 Å². The first-order valence-corrected chi connectivity index (χ1v) is 7.05. The van der Waals surface area contributed by atoms with E-state index in [9.17, 15) is 5.11 Å². The number of halogens is 1. The van der Waals surface area contributed by atoms with Gasteiger partial charge in [-0.15, -0.1) is 0 Å². The first-order chi connectivity index (χ1) is 9.63. The average molecular weight is 296 g/mol. The fourth-order valence-electron chi connectivity index (χ4n) is 1.94. The molecule has 1 aromatic heterocycles. The third-order valence-corrected chi connectivity index (χ3v) is 3.44. The maximum atomic E-state index is 9.80. The summed E-state index contributed by atoms with van der Waals surface area (Å²) in [5.74, 6) is 0.999. The lowest BCUT2D eigenvalue weighted by molar-refractivity contribution is 0.303. The van der Waals surface area contributed by atoms with Gasteiger partial charge in [-0.25, -0.2) is 0 Å². The van der Waals surface area contributed by atoms with Crippen LogP contribution in [0.15, 0.2) is 22.7 Å². The molecule has 0 saturated heterocycles. The molecule has 0 aliphatic heterocycles. The quantitative estimate of drug-likeness (QED) is 0.887. The molecule has 108 valence electrons. The molecule has 20 heavy (non-hydrogen) atoms. The van der Waals surface area contributed by atoms with Crippen LogP contribution in [0, 0.1) is 0 Å². The number of hydrogen-bond acceptors (Lipinski definition) is 5. The highest BCUT2D eigenvalue weighted by Crippen LogP contribution is 2.30. The van der Waals surface area contributed by atoms with Crippen LogP contribution in [-0.2, 0) is 6.42 Å². The maximum Gasteiger partial charge on any atom is 0.261 e. The van der Waals surface area contributed by atoms with Crippen molar-refractivity contribution in [1.29, 1.82) is 0 Å². The molecule has 0 aliphatic rings. The van der Waals surface area contributed by atoms with E-state index in [1.807, 2.05) is 0 Å². The number of aromatic nitrogens is 2. The van der Waals surface area contributed by atoms with Crippen LogP contribution in [0.25, 0.3) is 11.5 Å². The maximum absolute atomic E-state index is 9.80. The molecular weight excluding hydrogens is 278 g/mol. The van der Waals surface area contributed by atoms with E-state index in [4.69, 9.17) is 16.1 Å². The van der Waals surface area contributed by atoms with Gasteiger partial charge in [0.15, 0.2) is 5.82 Å². The fraction of sp³-hybridized carbons (Fsp3) is 0.429. The zero-order valence-corrected chi connectivity index (χ0v) is 12.4. The Kier molecular flexibility index (Phi) is 4.98. The van der Waals surface area contributed by atoms with Gasteiger partial charge in [0.2, 0.25) is 0 Å². The number of benzene rings is 1. The van der Waals surface area contributed by atoms with Crippen molar-refractivity contribution in [3.63, 3.8) is 0 Å². The summed E-state index contributed by atoms with van der Waals surface area (Å²) in [7, 11) is 0. The summed E-state index contributed by atoms with van der Waals surface area (Å²) in [5, 5.41) is 14.2. The Morgan fingerprint density at radius 1 is 1.30 bits per heavy atom. The second kappa shape index (κ2) is 6.72. The largest absolute Gasteiger partial charge is 0.507 e. The Morgan fingerprint density at radius 2 is 2.05 bits per heavy atom. The third kappa shape index (κ3) is 3.49. The van der Waals surface area contributed by atoms with Crippen LogP contribution < -0.4 is 0 Å². The van der Waals surface area contributed by atoms with Crippen molar-refractivity contribution in [3.8, 4) is 17.2 Å². The first kappa shape index (κ1) is 14.8. The molecule has 2 aromatic rings. The lowest BCUT2D eigenvalue weighted by atomic mass is 10.2. The van der Waals surface area contributed by atoms with Crippen LogP contribution in [0.1, 0.15) is 19.7 Å². The number of phenols is 1. The molecule has 0 amide bonds. The summed E-state index contributed by atoms with van der Waals surface area (Å²) < 4.78 is 5.19. The monoisotopic (exact) mass is 295 g/mol. The van der Waals surface area contributed by atoms with E-state index in [1.165, 1.54) is 6.07 Å². The van der Waals surface area contributed by atoms with Crippen LogP contribution in [0.2, 0.25) is 5.02 Å². The van der Waals surface area contributed by atoms with Gasteiger partial charge >= 0.3 is 0 Å². The zero-order chi connectivity index (χ0) is 14.5. The van der Waals surface area contributed by atoms with Gasteiger partial charge in [0.25, 0.3) is 5.89 Å². The summed E-state index contributed by atoms with van der Waals surface area (Å²) in [4.78, 5) is 6.58. The lowest BCUT2D eigenvalue weighted by Crippen LogP contribution is -2.25. The number of hydrogen-bond donors (Lipinski definition) is 1. The van der Waals surface area contributed by atoms with Gasteiger partial charge in [-0.1, -0.05) is 30.6 Å². The summed E-state index contributed by atoms with van der Waals surface area (Å²) in [5.41, 5.74) is 0.457. The number of phenolic OH excluding ortho intramolecular Hbond substituents is 1. The number of aromatic hydroxyl groups is 1. The lowest BCUT2D eigenvalue weighted by Gasteiger charge is -2.16. The summed E-state index contributed by atoms with van der Waals surface area (Å²) in [6, 6.07) is 4.73. The van der Waals surface area contributed by atoms with Crippen molar-refractivity contribution in [2.24, 2.45) is 0 Å². The van der Waals surface area contributed by atoms with Crippen LogP contribution in [0.5, 0.6) is 5.75 Å². The van der Waals surface area contributed by atoms with E-state index in [1.54, 1.807) is 12.1 Å². The van der Waals surface area contributed by atoms with E-state index < -0.39 is 0 Å². The van der Waals surface area contributed by atoms with Crippen LogP contribution >= 0.6 is 11.6 Å². The smallest absolute Gasteiger partial charge is 0.261 e. The third-order valence-electron chi connectivity index (χ3n) is 3.20. The topological polar surface area (TPSA) is 62.4 Å². The highest BCUT2D eigenvalue weighted by Gasteiger charge is 2.13. The molecule has 1 aromatic carbocycles. The molecule has 0 saturated carbocycles. The molecule has 0 atom stereocenters. The average Bonchev–Trinajstić information content (AvgIpc) is 2.91. The Balaban J connectivity index is 2.10. The van der Waals surface area contributed by atoms with Crippen molar-refractivity contribution < 1.29 is 9.63 Å². The van der Waals surface area contributed by atoms with Gasteiger partial charge in [-0.3, -0.25) is 0 Å². The van der Waals surface area contributed by atoms with E-state index in [0.29, 0.717) is 28.7 Å². The van der Waals surface area contributed by atoms with Gasteiger partial charge in [0, 0.05) is 18.0 Å². The molecule has 0 fully saturated rings. The molecule has 0 spiro atoms. The Labute approximate surface area is 123 Å². The highest BCUT2D eigenvalue weighted by atomic mass is 35.5. The molecule has 0 unspecified atom stereocenters. The molecule has 1 heterocycles. The highest BCUT2D eigenvalue weighted by molar-refractivity contribution is 6.30. The van der Waals surface area contributed by atoms with Gasteiger partial charge in [0.05, 0.1) is 5.56 Å². The van der Waals surface area contributed by atoms with Gasteiger partial charge in [0.1, 0.15) is 5.75 Å². The second-order valence-electron chi connectivity index (χ2n) is 4.45. The van der Waals surface area contributed by atoms with E-state index >= 15 is 0 Å². The Morgan fingerprint density at radius 3 is 2.75 bits per heavy atom. The molecule has 2 rings (SSSR count). The molecule has 1 N–H and O–H groups in total. The molecular formula is C14H18ClN3O2. The number of nitrogens with zero attached hydrogens (tertiary/aromatic N) is 3. The minimum atomic E-state index is 0.0772. The van der Waals surface area contributed by atoms with E-state index in [-0.39, 0.29) is 5.75 Å². The van der Waals surface area contributed by atoms with Crippen molar-refractivity contribution >= 4 is 11.6 Å². The Bertz CT molecular complexity index is 567. The molecule has 0 radical (unpaired) electrons. The second-order valence-corrected chi connectivity index (χ2v) is 4.89. The normalized spacial score (nSPS) is 11.2. The minimum absolute atomic E-state index is 0.0772. The Hall–Kier alpha value is -1.59. The molecule has 0 aliphatic carbocycles. The summed E-state index contributed by atoms with van der Waals surface area (Å²) >= 11 is 5.91. The molecule has 5 nitrogen and oxygen atoms in total. The number of likely N-dealkylation sites (N-methyl/N-ethyl adjacent to an activating group) is 1. The molecule has 6 heteroatoms. The van der Waals surface area contributed by atoms with Crippen molar-refractivity contribution in [3.05, 3.63) is 29.0 Å². The van der Waals surface area contributed by atoms with Crippen molar-refractivity contribution in [2.75, 3.05) is 19.6 Å². The fourth-order valence-corrected chi connectivity index (χ4v) is 2.11.